The molecule has 0 fully saturated rings. The number of rotatable bonds is 14. The van der Waals surface area contributed by atoms with Crippen LogP contribution in [0.1, 0.15) is 90.9 Å². The van der Waals surface area contributed by atoms with Gasteiger partial charge in [0.1, 0.15) is 0 Å². The molecule has 0 saturated heterocycles. The van der Waals surface area contributed by atoms with Crippen LogP contribution in [0.15, 0.2) is 0 Å². The zero-order valence-electron chi connectivity index (χ0n) is 12.4. The van der Waals surface area contributed by atoms with E-state index in [2.05, 4.69) is 19.2 Å². The highest BCUT2D eigenvalue weighted by Crippen LogP contribution is 2.07. The van der Waals surface area contributed by atoms with E-state index < -0.39 is 0 Å². The normalized spacial score (nSPS) is 10.9. The van der Waals surface area contributed by atoms with Crippen LogP contribution in [0, 0.1) is 0 Å². The van der Waals surface area contributed by atoms with Crippen LogP contribution in [0.3, 0.4) is 0 Å². The van der Waals surface area contributed by atoms with Gasteiger partial charge < -0.3 is 5.32 Å². The van der Waals surface area contributed by atoms with E-state index in [0.29, 0.717) is 0 Å². The Morgan fingerprint density at radius 3 is 1.29 bits per heavy atom. The third-order valence-electron chi connectivity index (χ3n) is 3.41. The van der Waals surface area contributed by atoms with E-state index in [4.69, 9.17) is 0 Å². The summed E-state index contributed by atoms with van der Waals surface area (Å²) >= 11 is 0. The Balaban J connectivity index is 2.85. The fraction of sp³-hybridized carbons (Fsp3) is 1.00. The first-order valence-electron chi connectivity index (χ1n) is 8.12. The molecule has 0 aliphatic heterocycles. The van der Waals surface area contributed by atoms with Gasteiger partial charge in [0, 0.05) is 0 Å². The molecule has 0 amide bonds. The Kier molecular flexibility index (Phi) is 15.9. The van der Waals surface area contributed by atoms with Crippen molar-refractivity contribution in [3.05, 3.63) is 0 Å². The monoisotopic (exact) mass is 241 g/mol. The summed E-state index contributed by atoms with van der Waals surface area (Å²) in [4.78, 5) is 0. The molecule has 0 radical (unpaired) electrons. The average molecular weight is 241 g/mol. The van der Waals surface area contributed by atoms with Gasteiger partial charge in [0.25, 0.3) is 0 Å². The number of unbranched alkanes of at least 4 members (excludes halogenated alkanes) is 10. The molecule has 104 valence electrons. The first kappa shape index (κ1) is 17.0. The number of hydrogen-bond acceptors (Lipinski definition) is 1. The van der Waals surface area contributed by atoms with Crippen LogP contribution in [0.5, 0.6) is 0 Å². The van der Waals surface area contributed by atoms with Crippen LogP contribution in [0.4, 0.5) is 0 Å². The zero-order chi connectivity index (χ0) is 12.6. The van der Waals surface area contributed by atoms with E-state index in [1.165, 1.54) is 90.1 Å². The van der Waals surface area contributed by atoms with Crippen molar-refractivity contribution in [2.45, 2.75) is 90.9 Å². The molecule has 0 aliphatic rings. The predicted molar refractivity (Wildman–Crippen MR) is 79.6 cm³/mol. The lowest BCUT2D eigenvalue weighted by Crippen LogP contribution is -2.16. The minimum Gasteiger partial charge on any atom is -0.317 e. The molecule has 0 unspecified atom stereocenters. The number of hydrogen-bond donors (Lipinski definition) is 1. The van der Waals surface area contributed by atoms with Gasteiger partial charge in [-0.25, -0.2) is 0 Å². The summed E-state index contributed by atoms with van der Waals surface area (Å²) in [5, 5.41) is 3.56. The average Bonchev–Trinajstić information content (AvgIpc) is 2.35. The second kappa shape index (κ2) is 16.0. The SMILES string of the molecule is CCCCCCCCCCNCCCCCC. The summed E-state index contributed by atoms with van der Waals surface area (Å²) in [6, 6.07) is 0. The Morgan fingerprint density at radius 2 is 0.824 bits per heavy atom. The lowest BCUT2D eigenvalue weighted by Gasteiger charge is -2.04. The van der Waals surface area contributed by atoms with E-state index in [1.54, 1.807) is 0 Å². The first-order chi connectivity index (χ1) is 8.41. The van der Waals surface area contributed by atoms with Crippen LogP contribution >= 0.6 is 0 Å². The van der Waals surface area contributed by atoms with Crippen LogP contribution < -0.4 is 5.32 Å². The second-order valence-electron chi connectivity index (χ2n) is 5.29. The Bertz CT molecular complexity index is 109. The third-order valence-corrected chi connectivity index (χ3v) is 3.41. The molecule has 0 atom stereocenters. The maximum absolute atomic E-state index is 3.56. The summed E-state index contributed by atoms with van der Waals surface area (Å²) < 4.78 is 0. The molecule has 17 heavy (non-hydrogen) atoms. The van der Waals surface area contributed by atoms with Crippen molar-refractivity contribution < 1.29 is 0 Å². The molecule has 0 aromatic carbocycles. The molecule has 0 rings (SSSR count). The van der Waals surface area contributed by atoms with Gasteiger partial charge in [-0.15, -0.1) is 0 Å². The predicted octanol–water partition coefficient (Wildman–Crippen LogP) is 5.30. The molecular weight excluding hydrogens is 206 g/mol. The molecule has 0 heterocycles. The van der Waals surface area contributed by atoms with Gasteiger partial charge in [0.05, 0.1) is 0 Å². The summed E-state index contributed by atoms with van der Waals surface area (Å²) in [5.41, 5.74) is 0. The van der Waals surface area contributed by atoms with Crippen LogP contribution in [-0.4, -0.2) is 13.1 Å². The first-order valence-corrected chi connectivity index (χ1v) is 8.12. The summed E-state index contributed by atoms with van der Waals surface area (Å²) in [7, 11) is 0. The van der Waals surface area contributed by atoms with Crippen LogP contribution in [0.2, 0.25) is 0 Å². The summed E-state index contributed by atoms with van der Waals surface area (Å²) in [6.45, 7) is 7.03. The van der Waals surface area contributed by atoms with Crippen molar-refractivity contribution in [1.29, 1.82) is 0 Å². The molecule has 0 aromatic rings. The minimum absolute atomic E-state index is 1.23. The van der Waals surface area contributed by atoms with E-state index in [-0.39, 0.29) is 0 Å². The zero-order valence-corrected chi connectivity index (χ0v) is 12.4. The number of nitrogens with one attached hydrogen (secondary N) is 1. The molecule has 0 aromatic heterocycles. The largest absolute Gasteiger partial charge is 0.317 e. The van der Waals surface area contributed by atoms with E-state index in [0.717, 1.165) is 0 Å². The van der Waals surface area contributed by atoms with Gasteiger partial charge in [0.15, 0.2) is 0 Å². The lowest BCUT2D eigenvalue weighted by atomic mass is 10.1. The second-order valence-corrected chi connectivity index (χ2v) is 5.29. The topological polar surface area (TPSA) is 12.0 Å². The van der Waals surface area contributed by atoms with Gasteiger partial charge in [-0.2, -0.15) is 0 Å². The van der Waals surface area contributed by atoms with Crippen LogP contribution in [0.25, 0.3) is 0 Å². The molecule has 1 heteroatoms. The fourth-order valence-electron chi connectivity index (χ4n) is 2.19. The van der Waals surface area contributed by atoms with E-state index >= 15 is 0 Å². The molecule has 1 nitrogen and oxygen atoms in total. The highest BCUT2D eigenvalue weighted by atomic mass is 14.8. The lowest BCUT2D eigenvalue weighted by molar-refractivity contribution is 0.542. The van der Waals surface area contributed by atoms with Crippen LogP contribution in [-0.2, 0) is 0 Å². The van der Waals surface area contributed by atoms with Crippen molar-refractivity contribution >= 4 is 0 Å². The fourth-order valence-corrected chi connectivity index (χ4v) is 2.19. The quantitative estimate of drug-likeness (QED) is 0.407. The highest BCUT2D eigenvalue weighted by Gasteiger charge is 1.92. The maximum Gasteiger partial charge on any atom is -0.00489 e. The van der Waals surface area contributed by atoms with Crippen molar-refractivity contribution in [2.75, 3.05) is 13.1 Å². The molecule has 0 spiro atoms. The van der Waals surface area contributed by atoms with Gasteiger partial charge >= 0.3 is 0 Å². The van der Waals surface area contributed by atoms with Crippen molar-refractivity contribution in [1.82, 2.24) is 5.32 Å². The minimum atomic E-state index is 1.23. The van der Waals surface area contributed by atoms with E-state index in [9.17, 15) is 0 Å². The Labute approximate surface area is 110 Å². The van der Waals surface area contributed by atoms with Gasteiger partial charge in [-0.3, -0.25) is 0 Å². The Morgan fingerprint density at radius 1 is 0.471 bits per heavy atom. The van der Waals surface area contributed by atoms with Gasteiger partial charge in [0.2, 0.25) is 0 Å². The van der Waals surface area contributed by atoms with Crippen molar-refractivity contribution in [3.63, 3.8) is 0 Å². The smallest absolute Gasteiger partial charge is 0.00489 e. The van der Waals surface area contributed by atoms with Gasteiger partial charge in [-0.05, 0) is 25.9 Å². The molecule has 0 bridgehead atoms. The van der Waals surface area contributed by atoms with Crippen molar-refractivity contribution in [2.24, 2.45) is 0 Å². The Hall–Kier alpha value is -0.0400. The molecule has 0 saturated carbocycles. The molecular formula is C16H35N. The van der Waals surface area contributed by atoms with Gasteiger partial charge in [-0.1, -0.05) is 78.1 Å². The standard InChI is InChI=1S/C16H35N/c1-3-5-7-9-10-11-12-14-16-17-15-13-8-6-4-2/h17H,3-16H2,1-2H3. The highest BCUT2D eigenvalue weighted by molar-refractivity contribution is 4.51. The van der Waals surface area contributed by atoms with Crippen molar-refractivity contribution in [3.8, 4) is 0 Å². The molecule has 0 aliphatic carbocycles. The summed E-state index contributed by atoms with van der Waals surface area (Å²) in [6.07, 6.45) is 16.9. The maximum atomic E-state index is 3.56. The third kappa shape index (κ3) is 16.0. The summed E-state index contributed by atoms with van der Waals surface area (Å²) in [5.74, 6) is 0. The van der Waals surface area contributed by atoms with E-state index in [1.807, 2.05) is 0 Å². The molecule has 1 N–H and O–H groups in total.